The van der Waals surface area contributed by atoms with E-state index in [1.54, 1.807) is 6.20 Å². The fraction of sp³-hybridized carbons (Fsp3) is 0.538. The molecule has 3 N–H and O–H groups in total. The highest BCUT2D eigenvalue weighted by molar-refractivity contribution is 7.16. The number of rotatable bonds is 5. The minimum Gasteiger partial charge on any atom is -0.320 e. The number of thiazole rings is 1. The Morgan fingerprint density at radius 2 is 2.44 bits per heavy atom. The zero-order valence-corrected chi connectivity index (χ0v) is 11.6. The maximum Gasteiger partial charge on any atom is 0.228 e. The summed E-state index contributed by atoms with van der Waals surface area (Å²) in [7, 11) is 0. The monoisotopic (exact) mass is 265 g/mol. The van der Waals surface area contributed by atoms with E-state index in [1.165, 1.54) is 11.3 Å². The van der Waals surface area contributed by atoms with Crippen molar-refractivity contribution in [2.24, 2.45) is 11.7 Å². The number of hydrogen-bond donors (Lipinski definition) is 2. The number of hydrogen-bond acceptors (Lipinski definition) is 4. The van der Waals surface area contributed by atoms with E-state index >= 15 is 0 Å². The van der Waals surface area contributed by atoms with Crippen LogP contribution in [0, 0.1) is 17.8 Å². The third-order valence-corrected chi connectivity index (χ3v) is 3.32. The van der Waals surface area contributed by atoms with Gasteiger partial charge >= 0.3 is 0 Å². The Morgan fingerprint density at radius 3 is 3.11 bits per heavy atom. The molecule has 1 heterocycles. The Balaban J connectivity index is 2.51. The molecule has 1 aromatic heterocycles. The molecule has 1 rings (SSSR count). The number of carbonyl (C=O) groups is 1. The maximum atomic E-state index is 11.8. The lowest BCUT2D eigenvalue weighted by Gasteiger charge is -2.09. The van der Waals surface area contributed by atoms with Crippen molar-refractivity contribution in [2.45, 2.75) is 33.1 Å². The Labute approximate surface area is 112 Å². The molecule has 0 aliphatic heterocycles. The molecule has 98 valence electrons. The summed E-state index contributed by atoms with van der Waals surface area (Å²) in [4.78, 5) is 16.8. The molecule has 0 saturated heterocycles. The Hall–Kier alpha value is -1.38. The molecule has 1 unspecified atom stereocenters. The average Bonchev–Trinajstić information content (AvgIpc) is 2.80. The predicted molar refractivity (Wildman–Crippen MR) is 75.4 cm³/mol. The molecule has 0 aliphatic rings. The molecule has 0 saturated carbocycles. The lowest BCUT2D eigenvalue weighted by molar-refractivity contribution is -0.119. The largest absolute Gasteiger partial charge is 0.320 e. The minimum absolute atomic E-state index is 0.0208. The van der Waals surface area contributed by atoms with Crippen molar-refractivity contribution in [1.29, 1.82) is 0 Å². The highest BCUT2D eigenvalue weighted by Gasteiger charge is 2.13. The van der Waals surface area contributed by atoms with Gasteiger partial charge in [0.2, 0.25) is 5.91 Å². The molecule has 18 heavy (non-hydrogen) atoms. The molecule has 1 amide bonds. The van der Waals surface area contributed by atoms with Gasteiger partial charge in [0.1, 0.15) is 0 Å². The van der Waals surface area contributed by atoms with Crippen LogP contribution < -0.4 is 11.1 Å². The molecular formula is C13H19N3OS. The first kappa shape index (κ1) is 14.7. The first-order valence-electron chi connectivity index (χ1n) is 6.13. The standard InChI is InChI=1S/C13H19N3OS/c1-3-4-6-10(2)12(17)16-13-15-9-11(18-13)7-5-8-14/h9-10H,3-4,6,8,14H2,1-2H3,(H,15,16,17). The molecule has 5 heteroatoms. The topological polar surface area (TPSA) is 68.0 Å². The second-order valence-electron chi connectivity index (χ2n) is 4.07. The van der Waals surface area contributed by atoms with Gasteiger partial charge in [-0.3, -0.25) is 4.79 Å². The fourth-order valence-corrected chi connectivity index (χ4v) is 2.09. The van der Waals surface area contributed by atoms with Gasteiger partial charge in [0, 0.05) is 5.92 Å². The number of carbonyl (C=O) groups excluding carboxylic acids is 1. The Morgan fingerprint density at radius 1 is 1.67 bits per heavy atom. The van der Waals surface area contributed by atoms with Crippen LogP contribution in [0.5, 0.6) is 0 Å². The Bertz CT molecular complexity index is 445. The van der Waals surface area contributed by atoms with Gasteiger partial charge in [-0.2, -0.15) is 0 Å². The zero-order chi connectivity index (χ0) is 13.4. The minimum atomic E-state index is 0.0208. The van der Waals surface area contributed by atoms with Gasteiger partial charge in [-0.25, -0.2) is 4.98 Å². The summed E-state index contributed by atoms with van der Waals surface area (Å²) in [5, 5.41) is 3.42. The SMILES string of the molecule is CCCCC(C)C(=O)Nc1ncc(C#CCN)s1. The van der Waals surface area contributed by atoms with E-state index in [-0.39, 0.29) is 11.8 Å². The van der Waals surface area contributed by atoms with Crippen molar-refractivity contribution in [1.82, 2.24) is 4.98 Å². The van der Waals surface area contributed by atoms with Gasteiger partial charge in [0.15, 0.2) is 5.13 Å². The van der Waals surface area contributed by atoms with E-state index in [9.17, 15) is 4.79 Å². The summed E-state index contributed by atoms with van der Waals surface area (Å²) < 4.78 is 0. The first-order chi connectivity index (χ1) is 8.67. The number of anilines is 1. The third kappa shape index (κ3) is 4.86. The van der Waals surface area contributed by atoms with Crippen molar-refractivity contribution < 1.29 is 4.79 Å². The summed E-state index contributed by atoms with van der Waals surface area (Å²) in [5.41, 5.74) is 5.29. The van der Waals surface area contributed by atoms with E-state index < -0.39 is 0 Å². The number of aromatic nitrogens is 1. The molecule has 0 aromatic carbocycles. The number of amides is 1. The van der Waals surface area contributed by atoms with Crippen LogP contribution in [0.4, 0.5) is 5.13 Å². The van der Waals surface area contributed by atoms with Crippen LogP contribution in [-0.4, -0.2) is 17.4 Å². The summed E-state index contributed by atoms with van der Waals surface area (Å²) in [5.74, 6) is 5.69. The normalized spacial score (nSPS) is 11.5. The van der Waals surface area contributed by atoms with Crippen LogP contribution in [0.25, 0.3) is 0 Å². The van der Waals surface area contributed by atoms with E-state index in [0.717, 1.165) is 24.1 Å². The smallest absolute Gasteiger partial charge is 0.228 e. The Kier molecular flexibility index (Phi) is 6.40. The molecule has 0 bridgehead atoms. The quantitative estimate of drug-likeness (QED) is 0.802. The zero-order valence-electron chi connectivity index (χ0n) is 10.8. The van der Waals surface area contributed by atoms with Crippen LogP contribution in [0.2, 0.25) is 0 Å². The van der Waals surface area contributed by atoms with Crippen molar-refractivity contribution in [2.75, 3.05) is 11.9 Å². The van der Waals surface area contributed by atoms with Gasteiger partial charge in [0.25, 0.3) is 0 Å². The fourth-order valence-electron chi connectivity index (χ4n) is 1.40. The van der Waals surface area contributed by atoms with Crippen LogP contribution in [0.1, 0.15) is 38.0 Å². The molecule has 0 fully saturated rings. The van der Waals surface area contributed by atoms with Gasteiger partial charge < -0.3 is 11.1 Å². The third-order valence-electron chi connectivity index (χ3n) is 2.49. The second kappa shape index (κ2) is 7.85. The van der Waals surface area contributed by atoms with Crippen molar-refractivity contribution in [3.63, 3.8) is 0 Å². The second-order valence-corrected chi connectivity index (χ2v) is 5.10. The van der Waals surface area contributed by atoms with E-state index in [1.807, 2.05) is 6.92 Å². The highest BCUT2D eigenvalue weighted by Crippen LogP contribution is 2.18. The average molecular weight is 265 g/mol. The molecule has 0 spiro atoms. The van der Waals surface area contributed by atoms with Crippen molar-refractivity contribution >= 4 is 22.4 Å². The molecule has 1 atom stereocenters. The van der Waals surface area contributed by atoms with Gasteiger partial charge in [-0.05, 0) is 6.42 Å². The van der Waals surface area contributed by atoms with Crippen molar-refractivity contribution in [3.8, 4) is 11.8 Å². The van der Waals surface area contributed by atoms with Gasteiger partial charge in [0.05, 0.1) is 17.6 Å². The maximum absolute atomic E-state index is 11.8. The lowest BCUT2D eigenvalue weighted by Crippen LogP contribution is -2.20. The molecule has 0 radical (unpaired) electrons. The molecule has 1 aromatic rings. The van der Waals surface area contributed by atoms with Crippen LogP contribution >= 0.6 is 11.3 Å². The summed E-state index contributed by atoms with van der Waals surface area (Å²) in [6.07, 6.45) is 4.74. The highest BCUT2D eigenvalue weighted by atomic mass is 32.1. The summed E-state index contributed by atoms with van der Waals surface area (Å²) in [6, 6.07) is 0. The predicted octanol–water partition coefficient (Wildman–Crippen LogP) is 2.22. The number of unbranched alkanes of at least 4 members (excludes halogenated alkanes) is 1. The molecule has 0 aliphatic carbocycles. The van der Waals surface area contributed by atoms with Crippen LogP contribution in [-0.2, 0) is 4.79 Å². The van der Waals surface area contributed by atoms with E-state index in [2.05, 4.69) is 29.1 Å². The number of nitrogens with zero attached hydrogens (tertiary/aromatic N) is 1. The van der Waals surface area contributed by atoms with E-state index in [4.69, 9.17) is 5.73 Å². The number of nitrogens with two attached hydrogens (primary N) is 1. The molecular weight excluding hydrogens is 246 g/mol. The lowest BCUT2D eigenvalue weighted by atomic mass is 10.0. The van der Waals surface area contributed by atoms with Crippen LogP contribution in [0.3, 0.4) is 0 Å². The van der Waals surface area contributed by atoms with Gasteiger partial charge in [-0.1, -0.05) is 49.9 Å². The van der Waals surface area contributed by atoms with Crippen LogP contribution in [0.15, 0.2) is 6.20 Å². The summed E-state index contributed by atoms with van der Waals surface area (Å²) in [6.45, 7) is 4.38. The molecule has 4 nitrogen and oxygen atoms in total. The summed E-state index contributed by atoms with van der Waals surface area (Å²) >= 11 is 1.37. The van der Waals surface area contributed by atoms with Gasteiger partial charge in [-0.15, -0.1) is 0 Å². The first-order valence-corrected chi connectivity index (χ1v) is 6.94. The van der Waals surface area contributed by atoms with E-state index in [0.29, 0.717) is 11.7 Å². The number of nitrogens with one attached hydrogen (secondary N) is 1. The van der Waals surface area contributed by atoms with Crippen molar-refractivity contribution in [3.05, 3.63) is 11.1 Å².